The minimum Gasteiger partial charge on any atom is -0.441 e. The van der Waals surface area contributed by atoms with Crippen molar-refractivity contribution in [3.05, 3.63) is 59.5 Å². The monoisotopic (exact) mass is 402 g/mol. The Labute approximate surface area is 154 Å². The van der Waals surface area contributed by atoms with Crippen LogP contribution in [0.25, 0.3) is 11.1 Å². The Kier molecular flexibility index (Phi) is 5.05. The van der Waals surface area contributed by atoms with Crippen molar-refractivity contribution >= 4 is 22.7 Å². The number of amides is 1. The van der Waals surface area contributed by atoms with E-state index in [0.29, 0.717) is 23.2 Å². The SMILES string of the molecule is O=C(CCc1nc2ccccc2o1)Nc1cc(C(F)(F)F)cc(C(F)(F)F)c1. The largest absolute Gasteiger partial charge is 0.441 e. The molecule has 0 aliphatic heterocycles. The number of aryl methyl sites for hydroxylation is 1. The highest BCUT2D eigenvalue weighted by molar-refractivity contribution is 5.91. The van der Waals surface area contributed by atoms with Crippen LogP contribution < -0.4 is 5.32 Å². The van der Waals surface area contributed by atoms with Gasteiger partial charge in [-0.2, -0.15) is 26.3 Å². The first-order valence-electron chi connectivity index (χ1n) is 7.96. The average Bonchev–Trinajstić information content (AvgIpc) is 3.01. The number of hydrogen-bond acceptors (Lipinski definition) is 3. The number of hydrogen-bond donors (Lipinski definition) is 1. The highest BCUT2D eigenvalue weighted by Crippen LogP contribution is 2.37. The molecule has 2 aromatic carbocycles. The third-order valence-electron chi connectivity index (χ3n) is 3.78. The van der Waals surface area contributed by atoms with Crippen LogP contribution in [0, 0.1) is 0 Å². The number of oxazole rings is 1. The van der Waals surface area contributed by atoms with Crippen molar-refractivity contribution in [3.63, 3.8) is 0 Å². The standard InChI is InChI=1S/C18H12F6N2O2/c19-17(20,21)10-7-11(18(22,23)24)9-12(8-10)25-15(27)5-6-16-26-13-3-1-2-4-14(13)28-16/h1-4,7-9H,5-6H2,(H,25,27). The zero-order valence-corrected chi connectivity index (χ0v) is 14.0. The van der Waals surface area contributed by atoms with Gasteiger partial charge in [0.15, 0.2) is 11.5 Å². The van der Waals surface area contributed by atoms with E-state index in [2.05, 4.69) is 10.3 Å². The number of benzene rings is 2. The van der Waals surface area contributed by atoms with E-state index in [1.165, 1.54) is 0 Å². The van der Waals surface area contributed by atoms with E-state index in [1.54, 1.807) is 24.3 Å². The maximum atomic E-state index is 12.8. The Bertz CT molecular complexity index is 942. The van der Waals surface area contributed by atoms with E-state index in [1.807, 2.05) is 0 Å². The molecule has 0 atom stereocenters. The Hall–Kier alpha value is -3.04. The van der Waals surface area contributed by atoms with E-state index >= 15 is 0 Å². The second-order valence-electron chi connectivity index (χ2n) is 5.92. The Balaban J connectivity index is 1.73. The molecule has 10 heteroatoms. The Morgan fingerprint density at radius 1 is 0.964 bits per heavy atom. The maximum Gasteiger partial charge on any atom is 0.416 e. The molecule has 1 aromatic heterocycles. The first-order chi connectivity index (χ1) is 13.0. The van der Waals surface area contributed by atoms with Gasteiger partial charge in [-0.3, -0.25) is 4.79 Å². The van der Waals surface area contributed by atoms with Gasteiger partial charge < -0.3 is 9.73 Å². The van der Waals surface area contributed by atoms with E-state index in [0.717, 1.165) is 0 Å². The number of para-hydroxylation sites is 2. The molecular weight excluding hydrogens is 390 g/mol. The molecule has 0 aliphatic carbocycles. The molecular formula is C18H12F6N2O2. The molecule has 0 unspecified atom stereocenters. The molecule has 0 saturated carbocycles. The predicted octanol–water partition coefficient (Wildman–Crippen LogP) is 5.44. The molecule has 4 nitrogen and oxygen atoms in total. The number of carbonyl (C=O) groups is 1. The minimum absolute atomic E-state index is 0.00597. The number of alkyl halides is 6. The summed E-state index contributed by atoms with van der Waals surface area (Å²) in [5, 5.41) is 2.06. The highest BCUT2D eigenvalue weighted by atomic mass is 19.4. The maximum absolute atomic E-state index is 12.8. The summed E-state index contributed by atoms with van der Waals surface area (Å²) in [7, 11) is 0. The van der Waals surface area contributed by atoms with Crippen LogP contribution in [-0.2, 0) is 23.6 Å². The first kappa shape index (κ1) is 19.7. The topological polar surface area (TPSA) is 55.1 Å². The molecule has 148 valence electrons. The van der Waals surface area contributed by atoms with Gasteiger partial charge >= 0.3 is 12.4 Å². The highest BCUT2D eigenvalue weighted by Gasteiger charge is 2.37. The summed E-state index contributed by atoms with van der Waals surface area (Å²) in [6.07, 6.45) is -10.2. The zero-order valence-electron chi connectivity index (χ0n) is 14.0. The van der Waals surface area contributed by atoms with Gasteiger partial charge in [-0.1, -0.05) is 12.1 Å². The lowest BCUT2D eigenvalue weighted by molar-refractivity contribution is -0.143. The molecule has 0 bridgehead atoms. The van der Waals surface area contributed by atoms with Crippen LogP contribution in [0.1, 0.15) is 23.4 Å². The third-order valence-corrected chi connectivity index (χ3v) is 3.78. The van der Waals surface area contributed by atoms with Gasteiger partial charge in [0.1, 0.15) is 5.52 Å². The fourth-order valence-corrected chi connectivity index (χ4v) is 2.50. The number of carbonyl (C=O) groups excluding carboxylic acids is 1. The van der Waals surface area contributed by atoms with Crippen LogP contribution >= 0.6 is 0 Å². The lowest BCUT2D eigenvalue weighted by Gasteiger charge is -2.14. The number of aromatic nitrogens is 1. The zero-order chi connectivity index (χ0) is 20.5. The number of anilines is 1. The van der Waals surface area contributed by atoms with E-state index in [4.69, 9.17) is 4.42 Å². The molecule has 3 rings (SSSR count). The summed E-state index contributed by atoms with van der Waals surface area (Å²) in [5.74, 6) is -0.536. The summed E-state index contributed by atoms with van der Waals surface area (Å²) in [6, 6.07) is 7.74. The van der Waals surface area contributed by atoms with E-state index in [-0.39, 0.29) is 24.8 Å². The molecule has 0 spiro atoms. The molecule has 0 saturated heterocycles. The van der Waals surface area contributed by atoms with Crippen molar-refractivity contribution in [2.75, 3.05) is 5.32 Å². The molecule has 0 radical (unpaired) electrons. The molecule has 3 aromatic rings. The van der Waals surface area contributed by atoms with E-state index in [9.17, 15) is 31.1 Å². The lowest BCUT2D eigenvalue weighted by Crippen LogP contribution is -2.16. The summed E-state index contributed by atoms with van der Waals surface area (Å²) in [6.45, 7) is 0. The molecule has 0 fully saturated rings. The van der Waals surface area contributed by atoms with Crippen LogP contribution in [0.5, 0.6) is 0 Å². The fourth-order valence-electron chi connectivity index (χ4n) is 2.50. The van der Waals surface area contributed by atoms with Gasteiger partial charge in [-0.05, 0) is 30.3 Å². The second kappa shape index (κ2) is 7.17. The van der Waals surface area contributed by atoms with Gasteiger partial charge in [0.2, 0.25) is 5.91 Å². The lowest BCUT2D eigenvalue weighted by atomic mass is 10.1. The summed E-state index contributed by atoms with van der Waals surface area (Å²) in [5.41, 5.74) is -2.52. The van der Waals surface area contributed by atoms with Gasteiger partial charge in [0, 0.05) is 18.5 Å². The summed E-state index contributed by atoms with van der Waals surface area (Å²) in [4.78, 5) is 16.1. The average molecular weight is 402 g/mol. The number of rotatable bonds is 4. The number of halogens is 6. The third kappa shape index (κ3) is 4.62. The number of nitrogens with zero attached hydrogens (tertiary/aromatic N) is 1. The van der Waals surface area contributed by atoms with Crippen LogP contribution in [0.15, 0.2) is 46.9 Å². The van der Waals surface area contributed by atoms with Gasteiger partial charge in [-0.15, -0.1) is 0 Å². The fraction of sp³-hybridized carbons (Fsp3) is 0.222. The quantitative estimate of drug-likeness (QED) is 0.592. The van der Waals surface area contributed by atoms with Crippen LogP contribution in [0.3, 0.4) is 0 Å². The molecule has 0 aliphatic rings. The molecule has 1 amide bonds. The van der Waals surface area contributed by atoms with Gasteiger partial charge in [-0.25, -0.2) is 4.98 Å². The number of fused-ring (bicyclic) bond motifs is 1. The molecule has 28 heavy (non-hydrogen) atoms. The van der Waals surface area contributed by atoms with Gasteiger partial charge in [0.05, 0.1) is 11.1 Å². The summed E-state index contributed by atoms with van der Waals surface area (Å²) >= 11 is 0. The van der Waals surface area contributed by atoms with Crippen LogP contribution in [0.4, 0.5) is 32.0 Å². The Morgan fingerprint density at radius 3 is 2.14 bits per heavy atom. The van der Waals surface area contributed by atoms with Crippen molar-refractivity contribution in [2.24, 2.45) is 0 Å². The normalized spacial score (nSPS) is 12.4. The second-order valence-corrected chi connectivity index (χ2v) is 5.92. The van der Waals surface area contributed by atoms with Crippen molar-refractivity contribution in [2.45, 2.75) is 25.2 Å². The van der Waals surface area contributed by atoms with Gasteiger partial charge in [0.25, 0.3) is 0 Å². The molecule has 1 N–H and O–H groups in total. The minimum atomic E-state index is -4.99. The Morgan fingerprint density at radius 2 is 1.57 bits per heavy atom. The molecule has 1 heterocycles. The first-order valence-corrected chi connectivity index (χ1v) is 7.96. The van der Waals surface area contributed by atoms with Crippen LogP contribution in [0.2, 0.25) is 0 Å². The van der Waals surface area contributed by atoms with Crippen LogP contribution in [-0.4, -0.2) is 10.9 Å². The summed E-state index contributed by atoms with van der Waals surface area (Å²) < 4.78 is 82.5. The van der Waals surface area contributed by atoms with Crippen molar-refractivity contribution < 1.29 is 35.6 Å². The predicted molar refractivity (Wildman–Crippen MR) is 87.4 cm³/mol. The van der Waals surface area contributed by atoms with Crippen molar-refractivity contribution in [3.8, 4) is 0 Å². The number of nitrogens with one attached hydrogen (secondary N) is 1. The van der Waals surface area contributed by atoms with Crippen molar-refractivity contribution in [1.82, 2.24) is 4.98 Å². The van der Waals surface area contributed by atoms with Crippen molar-refractivity contribution in [1.29, 1.82) is 0 Å². The van der Waals surface area contributed by atoms with E-state index < -0.39 is 35.1 Å². The smallest absolute Gasteiger partial charge is 0.416 e.